The Balaban J connectivity index is 2.46. The molecule has 2 aromatic heterocycles. The predicted octanol–water partition coefficient (Wildman–Crippen LogP) is 1.74. The third kappa shape index (κ3) is 0.864. The van der Waals surface area contributed by atoms with E-state index >= 15 is 0 Å². The minimum atomic E-state index is 0.143. The Labute approximate surface area is 79.2 Å². The Hall–Kier alpha value is -1.03. The molecule has 0 unspecified atom stereocenters. The van der Waals surface area contributed by atoms with E-state index in [0.29, 0.717) is 6.04 Å². The fraction of sp³-hybridized carbons (Fsp3) is 0.444. The van der Waals surface area contributed by atoms with Crippen LogP contribution in [0.25, 0.3) is 10.3 Å². The van der Waals surface area contributed by atoms with Gasteiger partial charge in [0.05, 0.1) is 5.52 Å². The highest BCUT2D eigenvalue weighted by atomic mass is 32.1. The first-order valence-corrected chi connectivity index (χ1v) is 5.31. The van der Waals surface area contributed by atoms with Crippen LogP contribution in [0.2, 0.25) is 0 Å². The summed E-state index contributed by atoms with van der Waals surface area (Å²) in [5.74, 6) is 0. The monoisotopic (exact) mass is 194 g/mol. The lowest BCUT2D eigenvalue weighted by atomic mass is 10.5. The van der Waals surface area contributed by atoms with Crippen molar-refractivity contribution in [2.45, 2.75) is 18.9 Å². The molecule has 13 heavy (non-hydrogen) atoms. The molecule has 0 aromatic carbocycles. The van der Waals surface area contributed by atoms with Crippen LogP contribution < -0.4 is 5.69 Å². The van der Waals surface area contributed by atoms with Crippen molar-refractivity contribution in [1.82, 2.24) is 9.13 Å². The molecule has 0 amide bonds. The smallest absolute Gasteiger partial charge is 0.294 e. The molecule has 1 fully saturated rings. The van der Waals surface area contributed by atoms with Gasteiger partial charge in [0.2, 0.25) is 0 Å². The number of fused-ring (bicyclic) bond motifs is 1. The van der Waals surface area contributed by atoms with Crippen molar-refractivity contribution >= 4 is 21.7 Å². The molecule has 1 saturated carbocycles. The number of nitrogens with zero attached hydrogens (tertiary/aromatic N) is 2. The summed E-state index contributed by atoms with van der Waals surface area (Å²) < 4.78 is 3.68. The number of aryl methyl sites for hydroxylation is 1. The molecule has 0 aliphatic heterocycles. The van der Waals surface area contributed by atoms with Crippen molar-refractivity contribution < 1.29 is 0 Å². The van der Waals surface area contributed by atoms with Crippen LogP contribution in [0.5, 0.6) is 0 Å². The Morgan fingerprint density at radius 3 is 3.00 bits per heavy atom. The van der Waals surface area contributed by atoms with Crippen LogP contribution in [0.15, 0.2) is 16.2 Å². The van der Waals surface area contributed by atoms with Gasteiger partial charge < -0.3 is 0 Å². The topological polar surface area (TPSA) is 26.9 Å². The normalized spacial score (nSPS) is 17.0. The van der Waals surface area contributed by atoms with Crippen LogP contribution in [0.3, 0.4) is 0 Å². The molecule has 0 spiro atoms. The molecule has 0 N–H and O–H groups in total. The van der Waals surface area contributed by atoms with Crippen LogP contribution in [-0.2, 0) is 7.05 Å². The lowest BCUT2D eigenvalue weighted by Crippen LogP contribution is -2.21. The van der Waals surface area contributed by atoms with Crippen LogP contribution in [0, 0.1) is 0 Å². The molecule has 4 heteroatoms. The number of imidazole rings is 1. The average molecular weight is 194 g/mol. The summed E-state index contributed by atoms with van der Waals surface area (Å²) in [4.78, 5) is 12.9. The number of hydrogen-bond donors (Lipinski definition) is 0. The molecule has 68 valence electrons. The third-order valence-electron chi connectivity index (χ3n) is 2.61. The average Bonchev–Trinajstić information content (AvgIpc) is 2.77. The van der Waals surface area contributed by atoms with Gasteiger partial charge in [0.15, 0.2) is 0 Å². The van der Waals surface area contributed by atoms with Crippen LogP contribution in [0.4, 0.5) is 0 Å². The summed E-state index contributed by atoms with van der Waals surface area (Å²) in [6, 6.07) is 2.50. The van der Waals surface area contributed by atoms with E-state index in [1.165, 1.54) is 0 Å². The van der Waals surface area contributed by atoms with Gasteiger partial charge in [-0.3, -0.25) is 9.13 Å². The van der Waals surface area contributed by atoms with E-state index in [9.17, 15) is 4.79 Å². The van der Waals surface area contributed by atoms with Gasteiger partial charge in [0, 0.05) is 13.1 Å². The van der Waals surface area contributed by atoms with Crippen molar-refractivity contribution in [2.24, 2.45) is 7.05 Å². The summed E-state index contributed by atoms with van der Waals surface area (Å²) in [5.41, 5.74) is 1.21. The second kappa shape index (κ2) is 2.26. The Kier molecular flexibility index (Phi) is 1.28. The summed E-state index contributed by atoms with van der Waals surface area (Å²) in [6.07, 6.45) is 2.33. The highest BCUT2D eigenvalue weighted by Crippen LogP contribution is 2.37. The van der Waals surface area contributed by atoms with Gasteiger partial charge in [-0.1, -0.05) is 0 Å². The van der Waals surface area contributed by atoms with Crippen LogP contribution in [0.1, 0.15) is 18.9 Å². The molecule has 2 aromatic rings. The van der Waals surface area contributed by atoms with Crippen molar-refractivity contribution in [1.29, 1.82) is 0 Å². The highest BCUT2D eigenvalue weighted by molar-refractivity contribution is 7.16. The SMILES string of the molecule is Cn1c(=O)n(C2CC2)c2sccc21. The van der Waals surface area contributed by atoms with Crippen molar-refractivity contribution in [3.63, 3.8) is 0 Å². The first-order chi connectivity index (χ1) is 6.29. The van der Waals surface area contributed by atoms with Gasteiger partial charge >= 0.3 is 5.69 Å². The summed E-state index contributed by atoms with van der Waals surface area (Å²) in [5, 5.41) is 2.04. The Morgan fingerprint density at radius 2 is 2.31 bits per heavy atom. The molecule has 0 bridgehead atoms. The Bertz CT molecular complexity index is 515. The van der Waals surface area contributed by atoms with Gasteiger partial charge in [-0.05, 0) is 24.3 Å². The predicted molar refractivity (Wildman–Crippen MR) is 53.3 cm³/mol. The molecule has 0 saturated heterocycles. The van der Waals surface area contributed by atoms with E-state index in [-0.39, 0.29) is 5.69 Å². The van der Waals surface area contributed by atoms with Crippen molar-refractivity contribution in [3.8, 4) is 0 Å². The lowest BCUT2D eigenvalue weighted by Gasteiger charge is -1.94. The number of thiophene rings is 1. The molecular formula is C9H10N2OS. The van der Waals surface area contributed by atoms with E-state index < -0.39 is 0 Å². The maximum Gasteiger partial charge on any atom is 0.329 e. The fourth-order valence-corrected chi connectivity index (χ4v) is 2.73. The summed E-state index contributed by atoms with van der Waals surface area (Å²) >= 11 is 1.66. The van der Waals surface area contributed by atoms with Gasteiger partial charge in [-0.15, -0.1) is 11.3 Å². The summed E-state index contributed by atoms with van der Waals surface area (Å²) in [7, 11) is 1.84. The Morgan fingerprint density at radius 1 is 1.54 bits per heavy atom. The van der Waals surface area contributed by atoms with Gasteiger partial charge in [0.25, 0.3) is 0 Å². The maximum absolute atomic E-state index is 11.8. The molecule has 1 aliphatic carbocycles. The van der Waals surface area contributed by atoms with Crippen molar-refractivity contribution in [2.75, 3.05) is 0 Å². The first-order valence-electron chi connectivity index (χ1n) is 4.43. The second-order valence-electron chi connectivity index (χ2n) is 3.55. The van der Waals surface area contributed by atoms with E-state index in [2.05, 4.69) is 0 Å². The molecular weight excluding hydrogens is 184 g/mol. The second-order valence-corrected chi connectivity index (χ2v) is 4.45. The zero-order valence-corrected chi connectivity index (χ0v) is 8.17. The molecule has 3 rings (SSSR count). The van der Waals surface area contributed by atoms with E-state index in [1.54, 1.807) is 15.9 Å². The van der Waals surface area contributed by atoms with Gasteiger partial charge in [-0.2, -0.15) is 0 Å². The van der Waals surface area contributed by atoms with E-state index in [4.69, 9.17) is 0 Å². The zero-order valence-electron chi connectivity index (χ0n) is 7.36. The van der Waals surface area contributed by atoms with Crippen LogP contribution >= 0.6 is 11.3 Å². The third-order valence-corrected chi connectivity index (χ3v) is 3.51. The molecule has 3 nitrogen and oxygen atoms in total. The highest BCUT2D eigenvalue weighted by Gasteiger charge is 2.28. The molecule has 0 atom stereocenters. The minimum absolute atomic E-state index is 0.143. The minimum Gasteiger partial charge on any atom is -0.294 e. The van der Waals surface area contributed by atoms with Gasteiger partial charge in [0.1, 0.15) is 4.83 Å². The van der Waals surface area contributed by atoms with E-state index in [1.807, 2.05) is 23.1 Å². The maximum atomic E-state index is 11.8. The quantitative estimate of drug-likeness (QED) is 0.679. The number of aromatic nitrogens is 2. The van der Waals surface area contributed by atoms with Gasteiger partial charge in [-0.25, -0.2) is 4.79 Å². The van der Waals surface area contributed by atoms with E-state index in [0.717, 1.165) is 23.2 Å². The molecule has 1 aliphatic rings. The zero-order chi connectivity index (χ0) is 9.00. The van der Waals surface area contributed by atoms with Crippen molar-refractivity contribution in [3.05, 3.63) is 21.9 Å². The molecule has 2 heterocycles. The number of hydrogen-bond acceptors (Lipinski definition) is 2. The lowest BCUT2D eigenvalue weighted by molar-refractivity contribution is 0.699. The standard InChI is InChI=1S/C9H10N2OS/c1-10-7-4-5-13-8(7)11(9(10)12)6-2-3-6/h4-6H,2-3H2,1H3. The first kappa shape index (κ1) is 7.38. The largest absolute Gasteiger partial charge is 0.329 e. The van der Waals surface area contributed by atoms with Crippen LogP contribution in [-0.4, -0.2) is 9.13 Å². The fourth-order valence-electron chi connectivity index (χ4n) is 1.74. The number of rotatable bonds is 1. The molecule has 0 radical (unpaired) electrons. The summed E-state index contributed by atoms with van der Waals surface area (Å²) in [6.45, 7) is 0.